The molecule has 0 aromatic heterocycles. The number of thiol groups is 1. The summed E-state index contributed by atoms with van der Waals surface area (Å²) in [5.41, 5.74) is 1.33. The van der Waals surface area contributed by atoms with E-state index in [0.29, 0.717) is 16.8 Å². The van der Waals surface area contributed by atoms with Crippen LogP contribution >= 0.6 is 12.6 Å². The SMILES string of the molecule is C#Cc1ccccc1C(C(=O)Nc1ccccc1C)N(CC#N)C(=O)C(CS)NC(=O)OC(C)(C)C. The molecular formula is C27H30N4O4S. The summed E-state index contributed by atoms with van der Waals surface area (Å²) < 4.78 is 5.26. The van der Waals surface area contributed by atoms with Gasteiger partial charge in [0.1, 0.15) is 24.2 Å². The quantitative estimate of drug-likeness (QED) is 0.286. The summed E-state index contributed by atoms with van der Waals surface area (Å²) in [4.78, 5) is 40.7. The standard InChI is InChI=1S/C27H30N4O4S/c1-6-19-12-8-9-13-20(19)23(24(32)29-21-14-10-7-11-18(21)2)31(16-15-28)25(33)22(17-36)30-26(34)35-27(3,4)5/h1,7-14,22-23,36H,16-17H2,2-5H3,(H,29,32)(H,30,34). The minimum Gasteiger partial charge on any atom is -0.444 e. The lowest BCUT2D eigenvalue weighted by molar-refractivity contribution is -0.139. The third-order valence-corrected chi connectivity index (χ3v) is 5.43. The molecule has 0 saturated heterocycles. The minimum absolute atomic E-state index is 0.0943. The number of nitrogens with zero attached hydrogens (tertiary/aromatic N) is 2. The van der Waals surface area contributed by atoms with Crippen molar-refractivity contribution in [2.75, 3.05) is 17.6 Å². The molecule has 3 amide bonds. The molecule has 2 aromatic carbocycles. The molecule has 0 bridgehead atoms. The van der Waals surface area contributed by atoms with Crippen molar-refractivity contribution in [2.24, 2.45) is 0 Å². The van der Waals surface area contributed by atoms with Gasteiger partial charge in [-0.25, -0.2) is 4.79 Å². The van der Waals surface area contributed by atoms with Crippen molar-refractivity contribution in [3.63, 3.8) is 0 Å². The van der Waals surface area contributed by atoms with E-state index in [9.17, 15) is 19.6 Å². The number of rotatable bonds is 8. The molecule has 0 spiro atoms. The zero-order valence-electron chi connectivity index (χ0n) is 20.7. The average Bonchev–Trinajstić information content (AvgIpc) is 2.82. The molecule has 2 atom stereocenters. The topological polar surface area (TPSA) is 112 Å². The van der Waals surface area contributed by atoms with Crippen molar-refractivity contribution in [3.05, 3.63) is 65.2 Å². The third kappa shape index (κ3) is 7.53. The van der Waals surface area contributed by atoms with E-state index < -0.39 is 42.1 Å². The Hall–Kier alpha value is -3.95. The Labute approximate surface area is 217 Å². The van der Waals surface area contributed by atoms with Crippen LogP contribution in [-0.2, 0) is 14.3 Å². The maximum Gasteiger partial charge on any atom is 0.408 e. The molecule has 0 heterocycles. The summed E-state index contributed by atoms with van der Waals surface area (Å²) in [6.07, 6.45) is 4.87. The highest BCUT2D eigenvalue weighted by Crippen LogP contribution is 2.27. The van der Waals surface area contributed by atoms with Gasteiger partial charge in [-0.3, -0.25) is 9.59 Å². The van der Waals surface area contributed by atoms with Crippen LogP contribution in [0.5, 0.6) is 0 Å². The van der Waals surface area contributed by atoms with Gasteiger partial charge in [0.15, 0.2) is 0 Å². The molecule has 0 saturated carbocycles. The Bertz CT molecular complexity index is 1190. The van der Waals surface area contributed by atoms with Gasteiger partial charge in [0.05, 0.1) is 6.07 Å². The van der Waals surface area contributed by atoms with Gasteiger partial charge in [0, 0.05) is 17.0 Å². The van der Waals surface area contributed by atoms with E-state index in [1.807, 2.05) is 25.1 Å². The van der Waals surface area contributed by atoms with Crippen LogP contribution in [0.3, 0.4) is 0 Å². The maximum atomic E-state index is 13.7. The Balaban J connectivity index is 2.52. The maximum absolute atomic E-state index is 13.7. The molecule has 2 aromatic rings. The fraction of sp³-hybridized carbons (Fsp3) is 0.333. The number of para-hydroxylation sites is 1. The average molecular weight is 507 g/mol. The van der Waals surface area contributed by atoms with Crippen LogP contribution in [0.4, 0.5) is 10.5 Å². The Kier molecular flexibility index (Phi) is 9.95. The Morgan fingerprint density at radius 3 is 2.36 bits per heavy atom. The van der Waals surface area contributed by atoms with Gasteiger partial charge < -0.3 is 20.3 Å². The van der Waals surface area contributed by atoms with Crippen molar-refractivity contribution >= 4 is 36.2 Å². The number of benzene rings is 2. The van der Waals surface area contributed by atoms with Crippen molar-refractivity contribution < 1.29 is 19.1 Å². The lowest BCUT2D eigenvalue weighted by atomic mass is 9.97. The van der Waals surface area contributed by atoms with Gasteiger partial charge in [-0.05, 0) is 51.0 Å². The van der Waals surface area contributed by atoms with Crippen LogP contribution in [0, 0.1) is 30.6 Å². The summed E-state index contributed by atoms with van der Waals surface area (Å²) in [5.74, 6) is 1.19. The molecule has 188 valence electrons. The normalized spacial score (nSPS) is 12.3. The summed E-state index contributed by atoms with van der Waals surface area (Å²) in [5, 5.41) is 14.9. The molecule has 0 fully saturated rings. The highest BCUT2D eigenvalue weighted by molar-refractivity contribution is 7.80. The summed E-state index contributed by atoms with van der Waals surface area (Å²) in [6.45, 7) is 6.46. The van der Waals surface area contributed by atoms with E-state index in [1.165, 1.54) is 0 Å². The number of nitrogens with one attached hydrogen (secondary N) is 2. The number of ether oxygens (including phenoxy) is 1. The van der Waals surface area contributed by atoms with E-state index >= 15 is 0 Å². The predicted octanol–water partition coefficient (Wildman–Crippen LogP) is 3.83. The van der Waals surface area contributed by atoms with E-state index in [4.69, 9.17) is 11.2 Å². The highest BCUT2D eigenvalue weighted by Gasteiger charge is 2.37. The Morgan fingerprint density at radius 2 is 1.78 bits per heavy atom. The van der Waals surface area contributed by atoms with Gasteiger partial charge in [0.2, 0.25) is 5.91 Å². The van der Waals surface area contributed by atoms with Crippen molar-refractivity contribution in [1.29, 1.82) is 5.26 Å². The molecule has 2 unspecified atom stereocenters. The monoisotopic (exact) mass is 506 g/mol. The number of carbonyl (C=O) groups excluding carboxylic acids is 3. The first kappa shape index (κ1) is 28.3. The molecule has 0 aliphatic heterocycles. The molecule has 0 aliphatic carbocycles. The molecule has 8 nitrogen and oxygen atoms in total. The summed E-state index contributed by atoms with van der Waals surface area (Å²) in [6, 6.07) is 13.4. The molecule has 36 heavy (non-hydrogen) atoms. The van der Waals surface area contributed by atoms with Gasteiger partial charge in [-0.2, -0.15) is 17.9 Å². The summed E-state index contributed by atoms with van der Waals surface area (Å²) in [7, 11) is 0. The van der Waals surface area contributed by atoms with E-state index in [1.54, 1.807) is 57.2 Å². The van der Waals surface area contributed by atoms with E-state index in [-0.39, 0.29) is 5.75 Å². The number of terminal acetylenes is 1. The lowest BCUT2D eigenvalue weighted by Crippen LogP contribution is -2.53. The van der Waals surface area contributed by atoms with Crippen LogP contribution in [0.1, 0.15) is 43.5 Å². The fourth-order valence-electron chi connectivity index (χ4n) is 3.44. The second-order valence-electron chi connectivity index (χ2n) is 8.94. The third-order valence-electron chi connectivity index (χ3n) is 5.07. The van der Waals surface area contributed by atoms with E-state index in [2.05, 4.69) is 29.2 Å². The number of nitriles is 1. The van der Waals surface area contributed by atoms with Crippen molar-refractivity contribution in [3.8, 4) is 18.4 Å². The molecule has 0 aliphatic rings. The van der Waals surface area contributed by atoms with Crippen LogP contribution in [0.15, 0.2) is 48.5 Å². The molecule has 2 rings (SSSR count). The first-order chi connectivity index (χ1) is 17.0. The number of hydrogen-bond acceptors (Lipinski definition) is 6. The molecular weight excluding hydrogens is 476 g/mol. The number of aryl methyl sites for hydroxylation is 1. The van der Waals surface area contributed by atoms with Crippen molar-refractivity contribution in [1.82, 2.24) is 10.2 Å². The largest absolute Gasteiger partial charge is 0.444 e. The second-order valence-corrected chi connectivity index (χ2v) is 9.31. The molecule has 2 N–H and O–H groups in total. The van der Waals surface area contributed by atoms with Gasteiger partial charge in [0.25, 0.3) is 5.91 Å². The van der Waals surface area contributed by atoms with Gasteiger partial charge >= 0.3 is 6.09 Å². The Morgan fingerprint density at radius 1 is 1.14 bits per heavy atom. The fourth-order valence-corrected chi connectivity index (χ4v) is 3.69. The van der Waals surface area contributed by atoms with Crippen molar-refractivity contribution in [2.45, 2.75) is 45.4 Å². The number of hydrogen-bond donors (Lipinski definition) is 3. The lowest BCUT2D eigenvalue weighted by Gasteiger charge is -2.33. The zero-order chi connectivity index (χ0) is 26.9. The second kappa shape index (κ2) is 12.7. The molecule has 9 heteroatoms. The number of carbonyl (C=O) groups is 3. The predicted molar refractivity (Wildman–Crippen MR) is 141 cm³/mol. The first-order valence-corrected chi connectivity index (χ1v) is 11.9. The van der Waals surface area contributed by atoms with Gasteiger partial charge in [-0.15, -0.1) is 6.42 Å². The number of alkyl carbamates (subject to hydrolysis) is 1. The van der Waals surface area contributed by atoms with Crippen LogP contribution in [0.25, 0.3) is 0 Å². The minimum atomic E-state index is -1.26. The first-order valence-electron chi connectivity index (χ1n) is 11.2. The van der Waals surface area contributed by atoms with Crippen LogP contribution in [0.2, 0.25) is 0 Å². The van der Waals surface area contributed by atoms with E-state index in [0.717, 1.165) is 10.5 Å². The smallest absolute Gasteiger partial charge is 0.408 e. The highest BCUT2D eigenvalue weighted by atomic mass is 32.1. The summed E-state index contributed by atoms with van der Waals surface area (Å²) >= 11 is 4.21. The van der Waals surface area contributed by atoms with Gasteiger partial charge in [-0.1, -0.05) is 42.3 Å². The number of amides is 3. The van der Waals surface area contributed by atoms with Crippen LogP contribution in [-0.4, -0.2) is 46.7 Å². The molecule has 0 radical (unpaired) electrons. The zero-order valence-corrected chi connectivity index (χ0v) is 21.6. The van der Waals surface area contributed by atoms with Crippen LogP contribution < -0.4 is 10.6 Å². The number of anilines is 1.